The van der Waals surface area contributed by atoms with Gasteiger partial charge < -0.3 is 10.0 Å². The Kier molecular flexibility index (Phi) is 3.14. The molecule has 0 unspecified atom stereocenters. The van der Waals surface area contributed by atoms with Crippen molar-refractivity contribution >= 4 is 34.4 Å². The number of hydrogen-bond donors (Lipinski definition) is 1. The third-order valence-corrected chi connectivity index (χ3v) is 3.28. The smallest absolute Gasteiger partial charge is 0.115 e. The average molecular weight is 234 g/mol. The number of benzene rings is 1. The van der Waals surface area contributed by atoms with E-state index in [-0.39, 0.29) is 0 Å². The van der Waals surface area contributed by atoms with Crippen LogP contribution in [0.15, 0.2) is 24.5 Å². The number of rotatable bonds is 3. The van der Waals surface area contributed by atoms with Gasteiger partial charge in [-0.3, -0.25) is 9.97 Å². The molecule has 84 valence electrons. The highest BCUT2D eigenvalue weighted by Crippen LogP contribution is 2.33. The van der Waals surface area contributed by atoms with Gasteiger partial charge in [-0.25, -0.2) is 0 Å². The standard InChI is InChI=1S/C11H14N4S/c1-3-15(16-2)11-8(12)4-5-9-10(11)14-7-6-13-9/h4-7H,3,12H2,1-2H3. The Bertz CT molecular complexity index is 496. The van der Waals surface area contributed by atoms with Crippen LogP contribution in [0.3, 0.4) is 0 Å². The minimum Gasteiger partial charge on any atom is -0.397 e. The molecule has 2 aromatic rings. The van der Waals surface area contributed by atoms with Gasteiger partial charge in [0.1, 0.15) is 5.52 Å². The van der Waals surface area contributed by atoms with Gasteiger partial charge in [-0.2, -0.15) is 0 Å². The van der Waals surface area contributed by atoms with Gasteiger partial charge in [0.25, 0.3) is 0 Å². The second-order valence-electron chi connectivity index (χ2n) is 3.30. The fourth-order valence-corrected chi connectivity index (χ4v) is 2.31. The first-order valence-corrected chi connectivity index (χ1v) is 6.27. The molecule has 0 saturated heterocycles. The molecule has 0 atom stereocenters. The van der Waals surface area contributed by atoms with Crippen LogP contribution in [0.5, 0.6) is 0 Å². The topological polar surface area (TPSA) is 55.0 Å². The molecule has 0 amide bonds. The Labute approximate surface area is 99.0 Å². The van der Waals surface area contributed by atoms with E-state index >= 15 is 0 Å². The largest absolute Gasteiger partial charge is 0.397 e. The summed E-state index contributed by atoms with van der Waals surface area (Å²) in [6.45, 7) is 2.96. The Morgan fingerprint density at radius 3 is 2.75 bits per heavy atom. The van der Waals surface area contributed by atoms with Gasteiger partial charge in [-0.1, -0.05) is 11.9 Å². The average Bonchev–Trinajstić information content (AvgIpc) is 2.33. The monoisotopic (exact) mass is 234 g/mol. The highest BCUT2D eigenvalue weighted by atomic mass is 32.2. The van der Waals surface area contributed by atoms with E-state index in [0.29, 0.717) is 0 Å². The maximum atomic E-state index is 6.02. The molecule has 0 aliphatic carbocycles. The molecule has 2 rings (SSSR count). The van der Waals surface area contributed by atoms with E-state index in [0.717, 1.165) is 29.0 Å². The number of nitrogens with zero attached hydrogens (tertiary/aromatic N) is 3. The zero-order chi connectivity index (χ0) is 11.5. The number of nitrogen functional groups attached to an aromatic ring is 1. The fourth-order valence-electron chi connectivity index (χ4n) is 1.68. The molecule has 0 aliphatic heterocycles. The lowest BCUT2D eigenvalue weighted by Gasteiger charge is -2.22. The summed E-state index contributed by atoms with van der Waals surface area (Å²) in [6, 6.07) is 3.78. The van der Waals surface area contributed by atoms with Gasteiger partial charge in [-0.15, -0.1) is 0 Å². The summed E-state index contributed by atoms with van der Waals surface area (Å²) in [7, 11) is 0. The molecule has 2 N–H and O–H groups in total. The molecule has 0 spiro atoms. The zero-order valence-electron chi connectivity index (χ0n) is 9.34. The molecular weight excluding hydrogens is 220 g/mol. The molecule has 0 radical (unpaired) electrons. The van der Waals surface area contributed by atoms with Crippen molar-refractivity contribution in [2.75, 3.05) is 22.8 Å². The van der Waals surface area contributed by atoms with Gasteiger partial charge in [0.2, 0.25) is 0 Å². The van der Waals surface area contributed by atoms with E-state index in [1.807, 2.05) is 18.4 Å². The maximum Gasteiger partial charge on any atom is 0.115 e. The predicted octanol–water partition coefficient (Wildman–Crippen LogP) is 2.32. The molecule has 16 heavy (non-hydrogen) atoms. The summed E-state index contributed by atoms with van der Waals surface area (Å²) in [4.78, 5) is 8.64. The van der Waals surface area contributed by atoms with Crippen molar-refractivity contribution in [3.63, 3.8) is 0 Å². The first-order valence-electron chi connectivity index (χ1n) is 5.08. The van der Waals surface area contributed by atoms with E-state index in [4.69, 9.17) is 5.73 Å². The molecular formula is C11H14N4S. The van der Waals surface area contributed by atoms with Gasteiger partial charge in [0.05, 0.1) is 16.9 Å². The molecule has 1 heterocycles. The van der Waals surface area contributed by atoms with Crippen LogP contribution in [0.25, 0.3) is 11.0 Å². The summed E-state index contributed by atoms with van der Waals surface area (Å²) in [5.74, 6) is 0. The lowest BCUT2D eigenvalue weighted by atomic mass is 10.2. The molecule has 0 saturated carbocycles. The third kappa shape index (κ3) is 1.78. The van der Waals surface area contributed by atoms with Crippen LogP contribution >= 0.6 is 11.9 Å². The van der Waals surface area contributed by atoms with Crippen molar-refractivity contribution < 1.29 is 0 Å². The van der Waals surface area contributed by atoms with Crippen LogP contribution in [0.1, 0.15) is 6.92 Å². The second kappa shape index (κ2) is 4.57. The minimum absolute atomic E-state index is 0.740. The van der Waals surface area contributed by atoms with Gasteiger partial charge in [-0.05, 0) is 19.1 Å². The lowest BCUT2D eigenvalue weighted by Crippen LogP contribution is -2.15. The van der Waals surface area contributed by atoms with Crippen LogP contribution in [0.2, 0.25) is 0 Å². The molecule has 0 fully saturated rings. The van der Waals surface area contributed by atoms with Crippen molar-refractivity contribution in [3.8, 4) is 0 Å². The van der Waals surface area contributed by atoms with Crippen LogP contribution in [-0.2, 0) is 0 Å². The van der Waals surface area contributed by atoms with E-state index in [2.05, 4.69) is 21.2 Å². The zero-order valence-corrected chi connectivity index (χ0v) is 10.2. The number of hydrogen-bond acceptors (Lipinski definition) is 5. The van der Waals surface area contributed by atoms with E-state index < -0.39 is 0 Å². The highest BCUT2D eigenvalue weighted by molar-refractivity contribution is 8.00. The van der Waals surface area contributed by atoms with Crippen molar-refractivity contribution in [2.45, 2.75) is 6.92 Å². The van der Waals surface area contributed by atoms with Crippen molar-refractivity contribution in [1.29, 1.82) is 0 Å². The van der Waals surface area contributed by atoms with Crippen LogP contribution in [0, 0.1) is 0 Å². The molecule has 0 aliphatic rings. The number of anilines is 2. The Hall–Kier alpha value is -1.49. The predicted molar refractivity (Wildman–Crippen MR) is 70.5 cm³/mol. The summed E-state index contributed by atoms with van der Waals surface area (Å²) >= 11 is 1.64. The molecule has 1 aromatic heterocycles. The van der Waals surface area contributed by atoms with E-state index in [1.54, 1.807) is 24.3 Å². The molecule has 0 bridgehead atoms. The fraction of sp³-hybridized carbons (Fsp3) is 0.273. The molecule has 5 heteroatoms. The second-order valence-corrected chi connectivity index (χ2v) is 4.11. The van der Waals surface area contributed by atoms with Gasteiger partial charge in [0.15, 0.2) is 0 Å². The summed E-state index contributed by atoms with van der Waals surface area (Å²) < 4.78 is 2.12. The summed E-state index contributed by atoms with van der Waals surface area (Å²) in [5, 5.41) is 0. The first kappa shape index (κ1) is 11.0. The Balaban J connectivity index is 2.69. The third-order valence-electron chi connectivity index (χ3n) is 2.40. The summed E-state index contributed by atoms with van der Waals surface area (Å²) in [6.07, 6.45) is 5.41. The van der Waals surface area contributed by atoms with E-state index in [9.17, 15) is 0 Å². The van der Waals surface area contributed by atoms with Crippen LogP contribution in [-0.4, -0.2) is 22.8 Å². The normalized spacial score (nSPS) is 10.6. The molecule has 4 nitrogen and oxygen atoms in total. The number of nitrogens with two attached hydrogens (primary N) is 1. The summed E-state index contributed by atoms with van der Waals surface area (Å²) in [5.41, 5.74) is 9.45. The van der Waals surface area contributed by atoms with Crippen molar-refractivity contribution in [1.82, 2.24) is 9.97 Å². The van der Waals surface area contributed by atoms with Crippen LogP contribution in [0.4, 0.5) is 11.4 Å². The highest BCUT2D eigenvalue weighted by Gasteiger charge is 2.12. The van der Waals surface area contributed by atoms with Gasteiger partial charge >= 0.3 is 0 Å². The Morgan fingerprint density at radius 2 is 2.06 bits per heavy atom. The minimum atomic E-state index is 0.740. The maximum absolute atomic E-state index is 6.02. The molecule has 1 aromatic carbocycles. The Morgan fingerprint density at radius 1 is 1.31 bits per heavy atom. The van der Waals surface area contributed by atoms with Crippen molar-refractivity contribution in [3.05, 3.63) is 24.5 Å². The lowest BCUT2D eigenvalue weighted by molar-refractivity contribution is 1.11. The first-order chi connectivity index (χ1) is 7.77. The van der Waals surface area contributed by atoms with Crippen molar-refractivity contribution in [2.24, 2.45) is 0 Å². The SMILES string of the molecule is CCN(SC)c1c(N)ccc2nccnc12. The quantitative estimate of drug-likeness (QED) is 0.652. The van der Waals surface area contributed by atoms with Crippen LogP contribution < -0.4 is 10.0 Å². The number of aromatic nitrogens is 2. The van der Waals surface area contributed by atoms with Gasteiger partial charge in [0, 0.05) is 25.2 Å². The number of fused-ring (bicyclic) bond motifs is 1. The van der Waals surface area contributed by atoms with E-state index in [1.165, 1.54) is 0 Å².